The van der Waals surface area contributed by atoms with Crippen LogP contribution in [0.2, 0.25) is 0 Å². The summed E-state index contributed by atoms with van der Waals surface area (Å²) in [6.07, 6.45) is 6.88. The third-order valence-corrected chi connectivity index (χ3v) is 2.44. The summed E-state index contributed by atoms with van der Waals surface area (Å²) in [4.78, 5) is 4.14. The third kappa shape index (κ3) is 1.78. The van der Waals surface area contributed by atoms with Gasteiger partial charge >= 0.3 is 0 Å². The molecule has 4 heteroatoms. The largest absolute Gasteiger partial charge is 0.327 e. The highest BCUT2D eigenvalue weighted by molar-refractivity contribution is 5.46. The SMILES string of the molecule is Cn1ncnc1C=C1CCC(N)C1. The van der Waals surface area contributed by atoms with Gasteiger partial charge in [-0.25, -0.2) is 9.67 Å². The average Bonchev–Trinajstić information content (AvgIpc) is 2.64. The number of rotatable bonds is 1. The average molecular weight is 178 g/mol. The van der Waals surface area contributed by atoms with Crippen molar-refractivity contribution >= 4 is 6.08 Å². The maximum absolute atomic E-state index is 5.81. The Hall–Kier alpha value is -1.16. The number of aryl methyl sites for hydroxylation is 1. The van der Waals surface area contributed by atoms with Gasteiger partial charge in [-0.1, -0.05) is 5.57 Å². The second kappa shape index (κ2) is 3.30. The van der Waals surface area contributed by atoms with Gasteiger partial charge in [0.1, 0.15) is 12.2 Å². The van der Waals surface area contributed by atoms with E-state index in [-0.39, 0.29) is 0 Å². The van der Waals surface area contributed by atoms with Crippen LogP contribution < -0.4 is 5.73 Å². The van der Waals surface area contributed by atoms with Gasteiger partial charge in [0, 0.05) is 13.1 Å². The Labute approximate surface area is 77.5 Å². The molecule has 1 atom stereocenters. The molecule has 2 rings (SSSR count). The summed E-state index contributed by atoms with van der Waals surface area (Å²) in [5.41, 5.74) is 7.20. The Kier molecular flexibility index (Phi) is 2.14. The molecule has 1 aromatic rings. The molecule has 1 aliphatic rings. The van der Waals surface area contributed by atoms with Gasteiger partial charge < -0.3 is 5.73 Å². The molecule has 0 bridgehead atoms. The predicted molar refractivity (Wildman–Crippen MR) is 50.8 cm³/mol. The van der Waals surface area contributed by atoms with E-state index in [9.17, 15) is 0 Å². The lowest BCUT2D eigenvalue weighted by Gasteiger charge is -1.97. The molecule has 1 aromatic heterocycles. The fraction of sp³-hybridized carbons (Fsp3) is 0.556. The number of aromatic nitrogens is 3. The zero-order chi connectivity index (χ0) is 9.26. The molecule has 4 nitrogen and oxygen atoms in total. The zero-order valence-electron chi connectivity index (χ0n) is 7.77. The molecule has 0 aliphatic heterocycles. The summed E-state index contributed by atoms with van der Waals surface area (Å²) >= 11 is 0. The molecule has 70 valence electrons. The minimum atomic E-state index is 0.347. The number of nitrogens with zero attached hydrogens (tertiary/aromatic N) is 3. The Morgan fingerprint density at radius 1 is 1.69 bits per heavy atom. The summed E-state index contributed by atoms with van der Waals surface area (Å²) in [6, 6.07) is 0.347. The van der Waals surface area contributed by atoms with E-state index in [2.05, 4.69) is 16.2 Å². The molecule has 1 heterocycles. The maximum atomic E-state index is 5.81. The van der Waals surface area contributed by atoms with Crippen LogP contribution in [0.5, 0.6) is 0 Å². The van der Waals surface area contributed by atoms with Crippen LogP contribution in [0.25, 0.3) is 6.08 Å². The van der Waals surface area contributed by atoms with Crippen molar-refractivity contribution in [1.82, 2.24) is 14.8 Å². The van der Waals surface area contributed by atoms with Gasteiger partial charge in [-0.2, -0.15) is 5.10 Å². The number of nitrogens with two attached hydrogens (primary N) is 1. The van der Waals surface area contributed by atoms with E-state index in [1.165, 1.54) is 5.57 Å². The number of hydrogen-bond acceptors (Lipinski definition) is 3. The first kappa shape index (κ1) is 8.44. The van der Waals surface area contributed by atoms with Crippen LogP contribution in [0.15, 0.2) is 11.9 Å². The lowest BCUT2D eigenvalue weighted by Crippen LogP contribution is -2.13. The molecular weight excluding hydrogens is 164 g/mol. The summed E-state index contributed by atoms with van der Waals surface area (Å²) in [5, 5.41) is 4.01. The summed E-state index contributed by atoms with van der Waals surface area (Å²) in [6.45, 7) is 0. The first-order chi connectivity index (χ1) is 6.25. The highest BCUT2D eigenvalue weighted by atomic mass is 15.3. The fourth-order valence-corrected chi connectivity index (χ4v) is 1.66. The van der Waals surface area contributed by atoms with Gasteiger partial charge in [-0.3, -0.25) is 0 Å². The minimum Gasteiger partial charge on any atom is -0.327 e. The Bertz CT molecular complexity index is 326. The standard InChI is InChI=1S/C9H14N4/c1-13-9(11-6-12-13)5-7-2-3-8(10)4-7/h5-6,8H,2-4,10H2,1H3. The van der Waals surface area contributed by atoms with Gasteiger partial charge in [0.15, 0.2) is 0 Å². The van der Waals surface area contributed by atoms with Crippen molar-refractivity contribution in [3.05, 3.63) is 17.7 Å². The lowest BCUT2D eigenvalue weighted by atomic mass is 10.2. The third-order valence-electron chi connectivity index (χ3n) is 2.44. The molecule has 0 spiro atoms. The van der Waals surface area contributed by atoms with Gasteiger partial charge in [0.2, 0.25) is 0 Å². The van der Waals surface area contributed by atoms with Crippen molar-refractivity contribution in [3.8, 4) is 0 Å². The van der Waals surface area contributed by atoms with Crippen molar-refractivity contribution in [1.29, 1.82) is 0 Å². The van der Waals surface area contributed by atoms with Crippen LogP contribution in [-0.2, 0) is 7.05 Å². The van der Waals surface area contributed by atoms with E-state index in [4.69, 9.17) is 5.73 Å². The maximum Gasteiger partial charge on any atom is 0.150 e. The molecule has 1 aliphatic carbocycles. The molecule has 0 amide bonds. The molecule has 13 heavy (non-hydrogen) atoms. The molecule has 2 N–H and O–H groups in total. The molecule has 0 aromatic carbocycles. The topological polar surface area (TPSA) is 56.7 Å². The second-order valence-corrected chi connectivity index (χ2v) is 3.55. The van der Waals surface area contributed by atoms with Crippen LogP contribution in [0, 0.1) is 0 Å². The van der Waals surface area contributed by atoms with Gasteiger partial charge in [-0.05, 0) is 25.3 Å². The minimum absolute atomic E-state index is 0.347. The van der Waals surface area contributed by atoms with Crippen LogP contribution in [0.1, 0.15) is 25.1 Å². The van der Waals surface area contributed by atoms with E-state index in [0.29, 0.717) is 6.04 Å². The van der Waals surface area contributed by atoms with Crippen LogP contribution in [0.4, 0.5) is 0 Å². The van der Waals surface area contributed by atoms with E-state index in [1.54, 1.807) is 11.0 Å². The predicted octanol–water partition coefficient (Wildman–Crippen LogP) is 0.710. The van der Waals surface area contributed by atoms with Crippen molar-refractivity contribution in [2.24, 2.45) is 12.8 Å². The molecule has 1 fully saturated rings. The Morgan fingerprint density at radius 3 is 3.08 bits per heavy atom. The molecule has 1 unspecified atom stereocenters. The molecular formula is C9H14N4. The molecule has 0 radical (unpaired) electrons. The van der Waals surface area contributed by atoms with Crippen molar-refractivity contribution in [2.45, 2.75) is 25.3 Å². The summed E-state index contributed by atoms with van der Waals surface area (Å²) < 4.78 is 1.77. The van der Waals surface area contributed by atoms with E-state index in [0.717, 1.165) is 25.1 Å². The fourth-order valence-electron chi connectivity index (χ4n) is 1.66. The molecule has 0 saturated heterocycles. The Balaban J connectivity index is 2.17. The smallest absolute Gasteiger partial charge is 0.150 e. The second-order valence-electron chi connectivity index (χ2n) is 3.55. The molecule has 1 saturated carbocycles. The van der Waals surface area contributed by atoms with Crippen molar-refractivity contribution in [3.63, 3.8) is 0 Å². The quantitative estimate of drug-likeness (QED) is 0.689. The van der Waals surface area contributed by atoms with Gasteiger partial charge in [0.05, 0.1) is 0 Å². The van der Waals surface area contributed by atoms with E-state index < -0.39 is 0 Å². The normalized spacial score (nSPS) is 25.7. The van der Waals surface area contributed by atoms with E-state index in [1.807, 2.05) is 7.05 Å². The van der Waals surface area contributed by atoms with Crippen molar-refractivity contribution in [2.75, 3.05) is 0 Å². The zero-order valence-corrected chi connectivity index (χ0v) is 7.77. The van der Waals surface area contributed by atoms with Crippen LogP contribution in [0.3, 0.4) is 0 Å². The monoisotopic (exact) mass is 178 g/mol. The van der Waals surface area contributed by atoms with E-state index >= 15 is 0 Å². The first-order valence-corrected chi connectivity index (χ1v) is 4.55. The number of hydrogen-bond donors (Lipinski definition) is 1. The van der Waals surface area contributed by atoms with Gasteiger partial charge in [0.25, 0.3) is 0 Å². The highest BCUT2D eigenvalue weighted by Crippen LogP contribution is 2.24. The van der Waals surface area contributed by atoms with Crippen LogP contribution in [-0.4, -0.2) is 20.8 Å². The van der Waals surface area contributed by atoms with Gasteiger partial charge in [-0.15, -0.1) is 0 Å². The Morgan fingerprint density at radius 2 is 2.54 bits per heavy atom. The van der Waals surface area contributed by atoms with Crippen molar-refractivity contribution < 1.29 is 0 Å². The summed E-state index contributed by atoms with van der Waals surface area (Å²) in [7, 11) is 1.90. The summed E-state index contributed by atoms with van der Waals surface area (Å²) in [5.74, 6) is 0.920. The lowest BCUT2D eigenvalue weighted by molar-refractivity contribution is 0.711. The van der Waals surface area contributed by atoms with Crippen LogP contribution >= 0.6 is 0 Å². The first-order valence-electron chi connectivity index (χ1n) is 4.55. The highest BCUT2D eigenvalue weighted by Gasteiger charge is 2.15.